The van der Waals surface area contributed by atoms with Crippen molar-refractivity contribution in [1.82, 2.24) is 14.9 Å². The Balaban J connectivity index is 1.92. The largest absolute Gasteiger partial charge is 0.331 e. The summed E-state index contributed by atoms with van der Waals surface area (Å²) in [6, 6.07) is 10.8. The number of para-hydroxylation sites is 2. The quantitative estimate of drug-likeness (QED) is 0.732. The van der Waals surface area contributed by atoms with Gasteiger partial charge in [0.1, 0.15) is 5.82 Å². The van der Waals surface area contributed by atoms with Crippen LogP contribution >= 0.6 is 27.3 Å². The summed E-state index contributed by atoms with van der Waals surface area (Å²) in [6.45, 7) is 3.09. The van der Waals surface area contributed by atoms with E-state index in [2.05, 4.69) is 69.4 Å². The monoisotopic (exact) mass is 363 g/mol. The molecule has 3 rings (SSSR count). The highest BCUT2D eigenvalue weighted by molar-refractivity contribution is 9.11. The van der Waals surface area contributed by atoms with Crippen molar-refractivity contribution in [3.05, 3.63) is 50.9 Å². The van der Waals surface area contributed by atoms with Crippen LogP contribution in [0.5, 0.6) is 0 Å². The minimum absolute atomic E-state index is 0.299. The second-order valence-electron chi connectivity index (χ2n) is 5.07. The van der Waals surface area contributed by atoms with E-state index in [0.29, 0.717) is 6.04 Å². The van der Waals surface area contributed by atoms with Crippen LogP contribution in [0, 0.1) is 0 Å². The molecule has 0 aliphatic heterocycles. The normalized spacial score (nSPS) is 12.9. The van der Waals surface area contributed by atoms with Gasteiger partial charge in [0, 0.05) is 19.5 Å². The number of aryl methyl sites for hydroxylation is 1. The molecule has 110 valence electrons. The number of rotatable bonds is 5. The lowest BCUT2D eigenvalue weighted by Crippen LogP contribution is -2.23. The van der Waals surface area contributed by atoms with Crippen molar-refractivity contribution in [2.24, 2.45) is 7.05 Å². The fourth-order valence-electron chi connectivity index (χ4n) is 2.62. The van der Waals surface area contributed by atoms with Gasteiger partial charge in [0.25, 0.3) is 0 Å². The van der Waals surface area contributed by atoms with Crippen molar-refractivity contribution in [3.8, 4) is 0 Å². The van der Waals surface area contributed by atoms with Crippen LogP contribution in [0.4, 0.5) is 0 Å². The summed E-state index contributed by atoms with van der Waals surface area (Å²) in [4.78, 5) is 4.78. The third-order valence-electron chi connectivity index (χ3n) is 3.71. The molecule has 5 heteroatoms. The van der Waals surface area contributed by atoms with Crippen LogP contribution in [-0.4, -0.2) is 16.1 Å². The van der Waals surface area contributed by atoms with Crippen molar-refractivity contribution >= 4 is 38.3 Å². The molecule has 0 bridgehead atoms. The maximum Gasteiger partial charge on any atom is 0.111 e. The summed E-state index contributed by atoms with van der Waals surface area (Å²) in [5.41, 5.74) is 3.58. The number of thiophene rings is 1. The molecule has 0 aliphatic rings. The zero-order chi connectivity index (χ0) is 14.8. The van der Waals surface area contributed by atoms with E-state index in [1.807, 2.05) is 6.07 Å². The number of halogens is 1. The van der Waals surface area contributed by atoms with Gasteiger partial charge in [-0.1, -0.05) is 19.1 Å². The molecular weight excluding hydrogens is 346 g/mol. The van der Waals surface area contributed by atoms with Crippen molar-refractivity contribution in [1.29, 1.82) is 0 Å². The van der Waals surface area contributed by atoms with E-state index in [9.17, 15) is 0 Å². The lowest BCUT2D eigenvalue weighted by molar-refractivity contribution is 0.532. The van der Waals surface area contributed by atoms with Crippen molar-refractivity contribution in [3.63, 3.8) is 0 Å². The van der Waals surface area contributed by atoms with E-state index in [4.69, 9.17) is 4.98 Å². The Kier molecular flexibility index (Phi) is 4.42. The first-order chi connectivity index (χ1) is 10.2. The fraction of sp³-hybridized carbons (Fsp3) is 0.312. The van der Waals surface area contributed by atoms with Gasteiger partial charge in [0.05, 0.1) is 14.8 Å². The second-order valence-corrected chi connectivity index (χ2v) is 7.36. The smallest absolute Gasteiger partial charge is 0.111 e. The molecule has 2 aromatic heterocycles. The topological polar surface area (TPSA) is 29.9 Å². The lowest BCUT2D eigenvalue weighted by atomic mass is 10.1. The average Bonchev–Trinajstić information content (AvgIpc) is 3.04. The number of imidazole rings is 1. The average molecular weight is 364 g/mol. The molecule has 0 fully saturated rings. The van der Waals surface area contributed by atoms with E-state index in [0.717, 1.165) is 24.3 Å². The molecule has 2 heterocycles. The van der Waals surface area contributed by atoms with Crippen molar-refractivity contribution < 1.29 is 0 Å². The summed E-state index contributed by atoms with van der Waals surface area (Å²) in [5.74, 6) is 1.12. The minimum Gasteiger partial charge on any atom is -0.331 e. The van der Waals surface area contributed by atoms with Gasteiger partial charge >= 0.3 is 0 Å². The predicted molar refractivity (Wildman–Crippen MR) is 92.9 cm³/mol. The maximum absolute atomic E-state index is 4.78. The number of nitrogens with one attached hydrogen (secondary N) is 1. The summed E-state index contributed by atoms with van der Waals surface area (Å²) in [5, 5.41) is 5.77. The molecule has 1 unspecified atom stereocenters. The summed E-state index contributed by atoms with van der Waals surface area (Å²) < 4.78 is 3.37. The Morgan fingerprint density at radius 3 is 2.86 bits per heavy atom. The maximum atomic E-state index is 4.78. The first-order valence-corrected chi connectivity index (χ1v) is 8.74. The third kappa shape index (κ3) is 3.05. The first kappa shape index (κ1) is 14.8. The van der Waals surface area contributed by atoms with Gasteiger partial charge in [0.2, 0.25) is 0 Å². The molecule has 1 N–H and O–H groups in total. The Morgan fingerprint density at radius 1 is 1.38 bits per heavy atom. The number of likely N-dealkylation sites (N-methyl/N-ethyl adjacent to an activating group) is 1. The van der Waals surface area contributed by atoms with Gasteiger partial charge in [-0.3, -0.25) is 0 Å². The van der Waals surface area contributed by atoms with Gasteiger partial charge in [-0.15, -0.1) is 11.3 Å². The van der Waals surface area contributed by atoms with Gasteiger partial charge in [0.15, 0.2) is 0 Å². The zero-order valence-corrected chi connectivity index (χ0v) is 14.5. The predicted octanol–water partition coefficient (Wildman–Crippen LogP) is 4.29. The Bertz CT molecular complexity index is 747. The number of nitrogens with zero attached hydrogens (tertiary/aromatic N) is 2. The molecule has 1 atom stereocenters. The second kappa shape index (κ2) is 6.30. The molecule has 3 aromatic rings. The van der Waals surface area contributed by atoms with Crippen LogP contribution in [0.15, 0.2) is 39.5 Å². The van der Waals surface area contributed by atoms with E-state index in [1.165, 1.54) is 14.9 Å². The van der Waals surface area contributed by atoms with Crippen LogP contribution in [0.1, 0.15) is 24.4 Å². The van der Waals surface area contributed by atoms with Crippen LogP contribution < -0.4 is 5.32 Å². The standard InChI is InChI=1S/C16H18BrN3S/c1-3-18-13(11-8-15(17)21-10-11)9-16-19-12-6-4-5-7-14(12)20(16)2/h4-8,10,13,18H,3,9H2,1-2H3. The van der Waals surface area contributed by atoms with E-state index in [1.54, 1.807) is 11.3 Å². The Morgan fingerprint density at radius 2 is 2.19 bits per heavy atom. The Hall–Kier alpha value is -1.17. The van der Waals surface area contributed by atoms with Crippen molar-refractivity contribution in [2.45, 2.75) is 19.4 Å². The Labute approximate surface area is 137 Å². The number of fused-ring (bicyclic) bond motifs is 1. The number of aromatic nitrogens is 2. The van der Waals surface area contributed by atoms with Crippen LogP contribution in [0.25, 0.3) is 11.0 Å². The van der Waals surface area contributed by atoms with Crippen LogP contribution in [-0.2, 0) is 13.5 Å². The van der Waals surface area contributed by atoms with E-state index in [-0.39, 0.29) is 0 Å². The highest BCUT2D eigenvalue weighted by Crippen LogP contribution is 2.28. The zero-order valence-electron chi connectivity index (χ0n) is 12.1. The van der Waals surface area contributed by atoms with E-state index >= 15 is 0 Å². The van der Waals surface area contributed by atoms with Crippen molar-refractivity contribution in [2.75, 3.05) is 6.54 Å². The van der Waals surface area contributed by atoms with Crippen LogP contribution in [0.3, 0.4) is 0 Å². The number of benzene rings is 1. The van der Waals surface area contributed by atoms with Gasteiger partial charge in [-0.2, -0.15) is 0 Å². The first-order valence-electron chi connectivity index (χ1n) is 7.06. The summed E-state index contributed by atoms with van der Waals surface area (Å²) in [6.07, 6.45) is 0.891. The highest BCUT2D eigenvalue weighted by Gasteiger charge is 2.16. The van der Waals surface area contributed by atoms with E-state index < -0.39 is 0 Å². The number of hydrogen-bond donors (Lipinski definition) is 1. The molecule has 0 saturated carbocycles. The van der Waals surface area contributed by atoms with Gasteiger partial charge in [-0.25, -0.2) is 4.98 Å². The summed E-state index contributed by atoms with van der Waals surface area (Å²) in [7, 11) is 2.09. The third-order valence-corrected chi connectivity index (χ3v) is 5.23. The molecular formula is C16H18BrN3S. The molecule has 21 heavy (non-hydrogen) atoms. The molecule has 1 aromatic carbocycles. The summed E-state index contributed by atoms with van der Waals surface area (Å²) >= 11 is 5.28. The molecule has 0 saturated heterocycles. The lowest BCUT2D eigenvalue weighted by Gasteiger charge is -2.16. The van der Waals surface area contributed by atoms with Gasteiger partial charge < -0.3 is 9.88 Å². The van der Waals surface area contributed by atoms with Crippen LogP contribution in [0.2, 0.25) is 0 Å². The minimum atomic E-state index is 0.299. The molecule has 0 aliphatic carbocycles. The molecule has 0 spiro atoms. The highest BCUT2D eigenvalue weighted by atomic mass is 79.9. The number of hydrogen-bond acceptors (Lipinski definition) is 3. The van der Waals surface area contributed by atoms with Gasteiger partial charge in [-0.05, 0) is 51.6 Å². The SMILES string of the molecule is CCNC(Cc1nc2ccccc2n1C)c1csc(Br)c1. The molecule has 0 radical (unpaired) electrons. The fourth-order valence-corrected chi connectivity index (χ4v) is 3.85. The molecule has 3 nitrogen and oxygen atoms in total. The molecule has 0 amide bonds.